The quantitative estimate of drug-likeness (QED) is 0.599. The molecule has 0 bridgehead atoms. The molecule has 1 amide bonds. The molecule has 0 spiro atoms. The second kappa shape index (κ2) is 7.75. The van der Waals surface area contributed by atoms with Crippen LogP contribution in [-0.4, -0.2) is 21.5 Å². The van der Waals surface area contributed by atoms with E-state index in [2.05, 4.69) is 15.9 Å². The Morgan fingerprint density at radius 1 is 1.25 bits per heavy atom. The van der Waals surface area contributed by atoms with Crippen molar-refractivity contribution in [3.05, 3.63) is 63.5 Å². The van der Waals surface area contributed by atoms with Gasteiger partial charge in [0, 0.05) is 27.2 Å². The molecule has 1 unspecified atom stereocenters. The van der Waals surface area contributed by atoms with Crippen molar-refractivity contribution < 1.29 is 19.1 Å². The SMILES string of the molecule is CCCC(C(N)=O)c1c(C)n(C(=O)c2ccc(Br)cc2)c2cc(F)c(O)cc12. The van der Waals surface area contributed by atoms with E-state index in [1.54, 1.807) is 31.2 Å². The van der Waals surface area contributed by atoms with E-state index < -0.39 is 23.4 Å². The monoisotopic (exact) mass is 446 g/mol. The number of nitrogens with two attached hydrogens (primary N) is 1. The highest BCUT2D eigenvalue weighted by atomic mass is 79.9. The molecule has 3 rings (SSSR count). The minimum absolute atomic E-state index is 0.290. The average molecular weight is 447 g/mol. The highest BCUT2D eigenvalue weighted by molar-refractivity contribution is 9.10. The van der Waals surface area contributed by atoms with Crippen LogP contribution < -0.4 is 5.73 Å². The minimum Gasteiger partial charge on any atom is -0.505 e. The first-order valence-electron chi connectivity index (χ1n) is 8.89. The lowest BCUT2D eigenvalue weighted by molar-refractivity contribution is -0.119. The Hall–Kier alpha value is -2.67. The van der Waals surface area contributed by atoms with Crippen molar-refractivity contribution in [1.82, 2.24) is 4.57 Å². The van der Waals surface area contributed by atoms with Crippen molar-refractivity contribution in [2.75, 3.05) is 0 Å². The topological polar surface area (TPSA) is 85.3 Å². The zero-order valence-corrected chi connectivity index (χ0v) is 17.1. The van der Waals surface area contributed by atoms with E-state index in [4.69, 9.17) is 5.73 Å². The number of hydrogen-bond donors (Lipinski definition) is 2. The lowest BCUT2D eigenvalue weighted by atomic mass is 9.91. The Morgan fingerprint density at radius 2 is 1.89 bits per heavy atom. The molecule has 2 aromatic carbocycles. The number of carbonyl (C=O) groups excluding carboxylic acids is 2. The predicted octanol–water partition coefficient (Wildman–Crippen LogP) is 4.61. The van der Waals surface area contributed by atoms with Gasteiger partial charge in [-0.2, -0.15) is 0 Å². The molecule has 146 valence electrons. The fraction of sp³-hybridized carbons (Fsp3) is 0.238. The summed E-state index contributed by atoms with van der Waals surface area (Å²) in [6, 6.07) is 9.17. The van der Waals surface area contributed by atoms with E-state index in [1.165, 1.54) is 10.6 Å². The summed E-state index contributed by atoms with van der Waals surface area (Å²) in [6.07, 6.45) is 1.19. The van der Waals surface area contributed by atoms with Gasteiger partial charge in [-0.1, -0.05) is 29.3 Å². The predicted molar refractivity (Wildman–Crippen MR) is 109 cm³/mol. The zero-order valence-electron chi connectivity index (χ0n) is 15.5. The molecule has 3 aromatic rings. The summed E-state index contributed by atoms with van der Waals surface area (Å²) in [4.78, 5) is 25.3. The highest BCUT2D eigenvalue weighted by Crippen LogP contribution is 2.37. The third kappa shape index (κ3) is 3.42. The summed E-state index contributed by atoms with van der Waals surface area (Å²) in [5, 5.41) is 10.3. The van der Waals surface area contributed by atoms with Crippen LogP contribution >= 0.6 is 15.9 Å². The number of halogens is 2. The van der Waals surface area contributed by atoms with E-state index in [1.807, 2.05) is 6.92 Å². The maximum Gasteiger partial charge on any atom is 0.262 e. The van der Waals surface area contributed by atoms with Crippen LogP contribution in [0.1, 0.15) is 47.3 Å². The van der Waals surface area contributed by atoms with Crippen molar-refractivity contribution in [1.29, 1.82) is 0 Å². The van der Waals surface area contributed by atoms with E-state index in [-0.39, 0.29) is 11.4 Å². The average Bonchev–Trinajstić information content (AvgIpc) is 2.91. The molecule has 0 saturated heterocycles. The standard InChI is InChI=1S/C21H20BrFN2O3/c1-3-4-14(20(24)27)19-11(2)25(17-10-16(23)18(26)9-15(17)19)21(28)12-5-7-13(22)8-6-12/h5-10,14,26H,3-4H2,1-2H3,(H2,24,27). The summed E-state index contributed by atoms with van der Waals surface area (Å²) in [6.45, 7) is 3.63. The van der Waals surface area contributed by atoms with Crippen LogP contribution in [0.15, 0.2) is 40.9 Å². The highest BCUT2D eigenvalue weighted by Gasteiger charge is 2.28. The first-order chi connectivity index (χ1) is 13.3. The van der Waals surface area contributed by atoms with Crippen LogP contribution in [0, 0.1) is 12.7 Å². The van der Waals surface area contributed by atoms with Crippen LogP contribution in [0.2, 0.25) is 0 Å². The van der Waals surface area contributed by atoms with Crippen LogP contribution in [0.3, 0.4) is 0 Å². The molecule has 0 aliphatic carbocycles. The van der Waals surface area contributed by atoms with Gasteiger partial charge in [0.05, 0.1) is 11.4 Å². The largest absolute Gasteiger partial charge is 0.505 e. The van der Waals surface area contributed by atoms with Crippen molar-refractivity contribution >= 4 is 38.6 Å². The molecule has 7 heteroatoms. The van der Waals surface area contributed by atoms with E-state index in [0.29, 0.717) is 35.0 Å². The van der Waals surface area contributed by atoms with E-state index in [0.717, 1.165) is 10.5 Å². The number of primary amides is 1. The second-order valence-electron chi connectivity index (χ2n) is 6.71. The van der Waals surface area contributed by atoms with Gasteiger partial charge in [-0.25, -0.2) is 4.39 Å². The number of hydrogen-bond acceptors (Lipinski definition) is 3. The number of nitrogens with zero attached hydrogens (tertiary/aromatic N) is 1. The van der Waals surface area contributed by atoms with E-state index >= 15 is 0 Å². The lowest BCUT2D eigenvalue weighted by Crippen LogP contribution is -2.22. The van der Waals surface area contributed by atoms with Crippen molar-refractivity contribution in [2.45, 2.75) is 32.6 Å². The number of fused-ring (bicyclic) bond motifs is 1. The number of carbonyl (C=O) groups is 2. The van der Waals surface area contributed by atoms with E-state index in [9.17, 15) is 19.1 Å². The number of aromatic hydroxyl groups is 1. The third-order valence-electron chi connectivity index (χ3n) is 4.88. The Balaban J connectivity index is 2.32. The Morgan fingerprint density at radius 3 is 2.46 bits per heavy atom. The summed E-state index contributed by atoms with van der Waals surface area (Å²) in [5.41, 5.74) is 7.37. The molecular formula is C21H20BrFN2O3. The van der Waals surface area contributed by atoms with Gasteiger partial charge in [-0.15, -0.1) is 0 Å². The van der Waals surface area contributed by atoms with Gasteiger partial charge in [0.1, 0.15) is 0 Å². The molecule has 3 N–H and O–H groups in total. The van der Waals surface area contributed by atoms with Crippen LogP contribution in [0.4, 0.5) is 4.39 Å². The number of benzene rings is 2. The zero-order chi connectivity index (χ0) is 20.6. The molecule has 0 saturated carbocycles. The Kier molecular flexibility index (Phi) is 5.56. The number of phenolic OH excluding ortho intramolecular Hbond substituents is 1. The third-order valence-corrected chi connectivity index (χ3v) is 5.41. The first kappa shape index (κ1) is 20.1. The molecule has 1 atom stereocenters. The normalized spacial score (nSPS) is 12.3. The van der Waals surface area contributed by atoms with Crippen LogP contribution in [0.5, 0.6) is 5.75 Å². The molecule has 0 radical (unpaired) electrons. The van der Waals surface area contributed by atoms with Crippen molar-refractivity contribution in [3.8, 4) is 5.75 Å². The van der Waals surface area contributed by atoms with Gasteiger partial charge in [-0.3, -0.25) is 14.2 Å². The maximum absolute atomic E-state index is 14.1. The molecule has 1 heterocycles. The summed E-state index contributed by atoms with van der Waals surface area (Å²) in [7, 11) is 0. The fourth-order valence-corrected chi connectivity index (χ4v) is 3.85. The Labute approximate surface area is 170 Å². The number of aromatic nitrogens is 1. The van der Waals surface area contributed by atoms with Crippen molar-refractivity contribution in [2.24, 2.45) is 5.73 Å². The smallest absolute Gasteiger partial charge is 0.262 e. The van der Waals surface area contributed by atoms with Gasteiger partial charge in [0.2, 0.25) is 5.91 Å². The molecule has 28 heavy (non-hydrogen) atoms. The molecule has 0 aliphatic rings. The molecule has 5 nitrogen and oxygen atoms in total. The van der Waals surface area contributed by atoms with Crippen LogP contribution in [-0.2, 0) is 4.79 Å². The molecule has 1 aromatic heterocycles. The van der Waals surface area contributed by atoms with Gasteiger partial charge >= 0.3 is 0 Å². The number of phenols is 1. The second-order valence-corrected chi connectivity index (χ2v) is 7.63. The molecular weight excluding hydrogens is 427 g/mol. The lowest BCUT2D eigenvalue weighted by Gasteiger charge is -2.14. The maximum atomic E-state index is 14.1. The molecule has 0 aliphatic heterocycles. The van der Waals surface area contributed by atoms with Crippen molar-refractivity contribution in [3.63, 3.8) is 0 Å². The minimum atomic E-state index is -0.840. The summed E-state index contributed by atoms with van der Waals surface area (Å²) >= 11 is 3.33. The number of rotatable bonds is 5. The first-order valence-corrected chi connectivity index (χ1v) is 9.68. The molecule has 0 fully saturated rings. The summed E-state index contributed by atoms with van der Waals surface area (Å²) < 4.78 is 16.3. The van der Waals surface area contributed by atoms with Gasteiger partial charge < -0.3 is 10.8 Å². The summed E-state index contributed by atoms with van der Waals surface area (Å²) in [5.74, 6) is -2.90. The Bertz CT molecular complexity index is 1070. The number of amides is 1. The fourth-order valence-electron chi connectivity index (χ4n) is 3.59. The van der Waals surface area contributed by atoms with Gasteiger partial charge in [0.15, 0.2) is 11.6 Å². The van der Waals surface area contributed by atoms with Gasteiger partial charge in [-0.05, 0) is 49.2 Å². The van der Waals surface area contributed by atoms with Gasteiger partial charge in [0.25, 0.3) is 5.91 Å². The van der Waals surface area contributed by atoms with Crippen LogP contribution in [0.25, 0.3) is 10.9 Å².